The van der Waals surface area contributed by atoms with Gasteiger partial charge in [-0.25, -0.2) is 15.0 Å². The molecule has 0 saturated carbocycles. The van der Waals surface area contributed by atoms with Crippen molar-refractivity contribution in [3.05, 3.63) is 188 Å². The molecule has 0 bridgehead atoms. The normalized spacial score (nSPS) is 12.7. The van der Waals surface area contributed by atoms with E-state index < -0.39 is 30.2 Å². The van der Waals surface area contributed by atoms with Crippen LogP contribution in [-0.2, 0) is 0 Å². The van der Waals surface area contributed by atoms with Gasteiger partial charge in [0.1, 0.15) is 11.2 Å². The molecule has 0 aliphatic carbocycles. The summed E-state index contributed by atoms with van der Waals surface area (Å²) in [5.41, 5.74) is 8.80. The molecule has 8 aromatic carbocycles. The minimum absolute atomic E-state index is 0.0285. The molecule has 0 atom stereocenters. The van der Waals surface area contributed by atoms with Crippen LogP contribution in [0.1, 0.15) is 6.85 Å². The van der Waals surface area contributed by atoms with Crippen molar-refractivity contribution in [3.8, 4) is 67.5 Å². The smallest absolute Gasteiger partial charge is 0.164 e. The molecule has 2 heterocycles. The van der Waals surface area contributed by atoms with Crippen LogP contribution in [0.15, 0.2) is 192 Å². The Morgan fingerprint density at radius 1 is 0.396 bits per heavy atom. The summed E-state index contributed by atoms with van der Waals surface area (Å²) < 4.78 is 49.3. The molecule has 0 radical (unpaired) electrons. The van der Waals surface area contributed by atoms with Gasteiger partial charge in [0, 0.05) is 33.0 Å². The minimum atomic E-state index is -0.488. The number of fused-ring (bicyclic) bond motifs is 4. The summed E-state index contributed by atoms with van der Waals surface area (Å²) in [5, 5.41) is 3.91. The fourth-order valence-corrected chi connectivity index (χ4v) is 7.13. The van der Waals surface area contributed by atoms with E-state index in [1.165, 1.54) is 0 Å². The van der Waals surface area contributed by atoms with Crippen LogP contribution in [0.2, 0.25) is 0 Å². The molecular formula is C49H31N3O. The van der Waals surface area contributed by atoms with Crippen LogP contribution in [0.4, 0.5) is 0 Å². The first-order valence-electron chi connectivity index (χ1n) is 19.9. The number of furan rings is 1. The molecule has 2 aromatic heterocycles. The van der Waals surface area contributed by atoms with Crippen molar-refractivity contribution in [2.75, 3.05) is 0 Å². The first-order valence-corrected chi connectivity index (χ1v) is 17.4. The van der Waals surface area contributed by atoms with Crippen LogP contribution in [0, 0.1) is 0 Å². The lowest BCUT2D eigenvalue weighted by molar-refractivity contribution is 0.670. The average Bonchev–Trinajstić information content (AvgIpc) is 3.67. The number of nitrogens with zero attached hydrogens (tertiary/aromatic N) is 3. The third-order valence-corrected chi connectivity index (χ3v) is 9.63. The zero-order valence-electron chi connectivity index (χ0n) is 33.3. The number of aromatic nitrogens is 3. The largest absolute Gasteiger partial charge is 0.455 e. The third kappa shape index (κ3) is 5.54. The van der Waals surface area contributed by atoms with E-state index in [-0.39, 0.29) is 17.2 Å². The van der Waals surface area contributed by atoms with E-state index in [4.69, 9.17) is 26.2 Å². The van der Waals surface area contributed by atoms with Gasteiger partial charge in [-0.1, -0.05) is 170 Å². The van der Waals surface area contributed by atoms with Crippen molar-refractivity contribution in [2.45, 2.75) is 0 Å². The lowest BCUT2D eigenvalue weighted by atomic mass is 9.92. The van der Waals surface area contributed by atoms with E-state index in [2.05, 4.69) is 48.5 Å². The fourth-order valence-electron chi connectivity index (χ4n) is 7.13. The highest BCUT2D eigenvalue weighted by Gasteiger charge is 2.20. The Morgan fingerprint density at radius 2 is 1.00 bits per heavy atom. The van der Waals surface area contributed by atoms with Crippen molar-refractivity contribution in [3.63, 3.8) is 0 Å². The lowest BCUT2D eigenvalue weighted by Crippen LogP contribution is -2.00. The van der Waals surface area contributed by atoms with E-state index in [1.807, 2.05) is 109 Å². The molecule has 248 valence electrons. The predicted molar refractivity (Wildman–Crippen MR) is 217 cm³/mol. The standard InChI is InChI=1S/C49H31N3O/c1-4-14-32(15-5-1)33-26-28-36(29-27-33)48-50-47(35-18-8-3-9-19-35)51-49(52-48)42-24-13-25-44-45(42)41-23-12-22-40(46(41)53-44)38-30-37-20-10-11-21-39(37)43(31-38)34-16-6-2-7-17-34/h1-31H/i3D,8D,9D,18D,19D. The average molecular weight is 683 g/mol. The van der Waals surface area contributed by atoms with E-state index in [1.54, 1.807) is 0 Å². The SMILES string of the molecule is [2H]c1c([2H])c([2H])c(-c2nc(-c3ccc(-c4ccccc4)cc3)nc(-c3cccc4oc5c(-c6cc(-c7ccccc7)c7ccccc7c6)cccc5c34)n2)c([2H])c1[2H]. The van der Waals surface area contributed by atoms with Gasteiger partial charge in [-0.05, 0) is 56.8 Å². The van der Waals surface area contributed by atoms with Crippen molar-refractivity contribution in [2.24, 2.45) is 0 Å². The van der Waals surface area contributed by atoms with Crippen LogP contribution in [-0.4, -0.2) is 15.0 Å². The van der Waals surface area contributed by atoms with Gasteiger partial charge in [-0.15, -0.1) is 0 Å². The molecule has 0 aliphatic rings. The summed E-state index contributed by atoms with van der Waals surface area (Å²) in [6.45, 7) is 0. The molecule has 0 spiro atoms. The number of para-hydroxylation sites is 1. The Bertz CT molecular complexity index is 3190. The molecule has 0 N–H and O–H groups in total. The fraction of sp³-hybridized carbons (Fsp3) is 0. The summed E-state index contributed by atoms with van der Waals surface area (Å²) in [7, 11) is 0. The maximum Gasteiger partial charge on any atom is 0.164 e. The molecule has 0 aliphatic heterocycles. The summed E-state index contributed by atoms with van der Waals surface area (Å²) >= 11 is 0. The van der Waals surface area contributed by atoms with E-state index in [0.717, 1.165) is 54.9 Å². The lowest BCUT2D eigenvalue weighted by Gasteiger charge is -2.12. The number of hydrogen-bond donors (Lipinski definition) is 0. The predicted octanol–water partition coefficient (Wildman–Crippen LogP) is 12.9. The molecule has 10 aromatic rings. The molecule has 53 heavy (non-hydrogen) atoms. The minimum Gasteiger partial charge on any atom is -0.455 e. The second-order valence-corrected chi connectivity index (χ2v) is 12.8. The zero-order chi connectivity index (χ0) is 39.5. The monoisotopic (exact) mass is 682 g/mol. The maximum atomic E-state index is 8.80. The Morgan fingerprint density at radius 3 is 1.79 bits per heavy atom. The molecular weight excluding hydrogens is 647 g/mol. The highest BCUT2D eigenvalue weighted by atomic mass is 16.3. The van der Waals surface area contributed by atoms with Gasteiger partial charge in [0.2, 0.25) is 0 Å². The van der Waals surface area contributed by atoms with Crippen LogP contribution >= 0.6 is 0 Å². The molecule has 0 fully saturated rings. The van der Waals surface area contributed by atoms with Crippen molar-refractivity contribution in [1.29, 1.82) is 0 Å². The first kappa shape index (κ1) is 25.7. The van der Waals surface area contributed by atoms with Gasteiger partial charge in [-0.2, -0.15) is 0 Å². The maximum absolute atomic E-state index is 8.80. The van der Waals surface area contributed by atoms with Gasteiger partial charge in [-0.3, -0.25) is 0 Å². The number of benzene rings is 8. The highest BCUT2D eigenvalue weighted by molar-refractivity contribution is 6.15. The van der Waals surface area contributed by atoms with E-state index in [9.17, 15) is 0 Å². The van der Waals surface area contributed by atoms with Crippen molar-refractivity contribution in [1.82, 2.24) is 15.0 Å². The molecule has 4 nitrogen and oxygen atoms in total. The van der Waals surface area contributed by atoms with Crippen LogP contribution < -0.4 is 0 Å². The zero-order valence-corrected chi connectivity index (χ0v) is 28.3. The number of rotatable bonds is 6. The van der Waals surface area contributed by atoms with Crippen LogP contribution in [0.3, 0.4) is 0 Å². The number of hydrogen-bond acceptors (Lipinski definition) is 4. The molecule has 0 unspecified atom stereocenters. The van der Waals surface area contributed by atoms with Crippen molar-refractivity contribution < 1.29 is 11.3 Å². The summed E-state index contributed by atoms with van der Waals surface area (Å²) in [6, 6.07) is 50.6. The molecule has 0 amide bonds. The Kier molecular flexibility index (Phi) is 6.24. The Balaban J connectivity index is 1.19. The molecule has 4 heteroatoms. The van der Waals surface area contributed by atoms with Gasteiger partial charge in [0.15, 0.2) is 17.5 Å². The summed E-state index contributed by atoms with van der Waals surface area (Å²) in [4.78, 5) is 14.6. The molecule has 10 rings (SSSR count). The second-order valence-electron chi connectivity index (χ2n) is 12.8. The summed E-state index contributed by atoms with van der Waals surface area (Å²) in [6.07, 6.45) is 0. The van der Waals surface area contributed by atoms with Crippen LogP contribution in [0.25, 0.3) is 100 Å². The van der Waals surface area contributed by atoms with E-state index >= 15 is 0 Å². The Hall–Kier alpha value is -7.17. The topological polar surface area (TPSA) is 51.8 Å². The summed E-state index contributed by atoms with van der Waals surface area (Å²) in [5.74, 6) is 0.537. The van der Waals surface area contributed by atoms with Gasteiger partial charge < -0.3 is 4.42 Å². The highest BCUT2D eigenvalue weighted by Crippen LogP contribution is 2.42. The van der Waals surface area contributed by atoms with E-state index in [0.29, 0.717) is 28.1 Å². The quantitative estimate of drug-likeness (QED) is 0.175. The van der Waals surface area contributed by atoms with Gasteiger partial charge in [0.25, 0.3) is 0 Å². The third-order valence-electron chi connectivity index (χ3n) is 9.63. The van der Waals surface area contributed by atoms with Gasteiger partial charge in [0.05, 0.1) is 6.85 Å². The molecule has 0 saturated heterocycles. The first-order chi connectivity index (χ1) is 28.3. The Labute approximate surface area is 313 Å². The van der Waals surface area contributed by atoms with Crippen LogP contribution in [0.5, 0.6) is 0 Å². The second kappa shape index (κ2) is 12.9. The van der Waals surface area contributed by atoms with Crippen molar-refractivity contribution >= 4 is 32.7 Å². The van der Waals surface area contributed by atoms with Gasteiger partial charge >= 0.3 is 0 Å².